The van der Waals surface area contributed by atoms with E-state index in [4.69, 9.17) is 4.74 Å². The van der Waals surface area contributed by atoms with Gasteiger partial charge in [0.25, 0.3) is 5.91 Å². The number of methoxy groups -OCH3 is 1. The molecule has 0 fully saturated rings. The van der Waals surface area contributed by atoms with Crippen LogP contribution in [0.2, 0.25) is 0 Å². The van der Waals surface area contributed by atoms with Crippen LogP contribution in [0.3, 0.4) is 0 Å². The number of ether oxygens (including phenoxy) is 1. The summed E-state index contributed by atoms with van der Waals surface area (Å²) in [5.74, 6) is -0.677. The minimum Gasteiger partial charge on any atom is -0.469 e. The predicted octanol–water partition coefficient (Wildman–Crippen LogP) is 1.81. The zero-order chi connectivity index (χ0) is 18.5. The van der Waals surface area contributed by atoms with Gasteiger partial charge in [0.15, 0.2) is 5.69 Å². The molecule has 1 unspecified atom stereocenters. The van der Waals surface area contributed by atoms with Crippen molar-refractivity contribution in [1.82, 2.24) is 20.8 Å². The van der Waals surface area contributed by atoms with Crippen molar-refractivity contribution < 1.29 is 14.3 Å². The number of aromatic nitrogens is 2. The largest absolute Gasteiger partial charge is 0.469 e. The highest BCUT2D eigenvalue weighted by molar-refractivity contribution is 7.98. The third-order valence-corrected chi connectivity index (χ3v) is 5.19. The van der Waals surface area contributed by atoms with Gasteiger partial charge in [-0.2, -0.15) is 5.10 Å². The smallest absolute Gasteiger partial charge is 0.307 e. The number of amides is 1. The van der Waals surface area contributed by atoms with Gasteiger partial charge in [-0.05, 0) is 24.0 Å². The standard InChI is InChI=1S/C18H22N4O3S/c1-25-16(23)9-15(11-3-5-12(26-2)6-4-11)20-18(24)17-13-10-19-8-7-14(13)21-22-17/h3-6,15,19H,7-10H2,1-2H3,(H,20,24)(H,21,22). The second-order valence-corrected chi connectivity index (χ2v) is 6.92. The quantitative estimate of drug-likeness (QED) is 0.527. The number of rotatable bonds is 6. The molecule has 3 N–H and O–H groups in total. The second-order valence-electron chi connectivity index (χ2n) is 6.04. The third kappa shape index (κ3) is 4.08. The molecule has 138 valence electrons. The molecule has 1 aliphatic rings. The van der Waals surface area contributed by atoms with Gasteiger partial charge in [-0.1, -0.05) is 12.1 Å². The number of thioether (sulfide) groups is 1. The maximum atomic E-state index is 12.8. The second kappa shape index (κ2) is 8.37. The first kappa shape index (κ1) is 18.5. The van der Waals surface area contributed by atoms with Crippen molar-refractivity contribution in [2.24, 2.45) is 0 Å². The van der Waals surface area contributed by atoms with E-state index in [0.717, 1.165) is 34.7 Å². The fourth-order valence-corrected chi connectivity index (χ4v) is 3.39. The molecule has 0 bridgehead atoms. The molecule has 1 aromatic carbocycles. The maximum absolute atomic E-state index is 12.8. The van der Waals surface area contributed by atoms with Gasteiger partial charge in [-0.3, -0.25) is 14.7 Å². The van der Waals surface area contributed by atoms with E-state index in [-0.39, 0.29) is 18.3 Å². The lowest BCUT2D eigenvalue weighted by Gasteiger charge is -2.19. The Bertz CT molecular complexity index is 788. The van der Waals surface area contributed by atoms with E-state index in [1.54, 1.807) is 11.8 Å². The molecule has 0 aliphatic carbocycles. The normalized spacial score (nSPS) is 14.4. The lowest BCUT2D eigenvalue weighted by Crippen LogP contribution is -2.32. The van der Waals surface area contributed by atoms with Crippen LogP contribution in [-0.2, 0) is 22.5 Å². The van der Waals surface area contributed by atoms with E-state index >= 15 is 0 Å². The van der Waals surface area contributed by atoms with Gasteiger partial charge in [0, 0.05) is 35.7 Å². The van der Waals surface area contributed by atoms with E-state index in [0.29, 0.717) is 12.2 Å². The van der Waals surface area contributed by atoms with Crippen molar-refractivity contribution in [3.63, 3.8) is 0 Å². The van der Waals surface area contributed by atoms with E-state index in [2.05, 4.69) is 20.8 Å². The summed E-state index contributed by atoms with van der Waals surface area (Å²) in [5.41, 5.74) is 3.11. The highest BCUT2D eigenvalue weighted by atomic mass is 32.2. The van der Waals surface area contributed by atoms with Crippen LogP contribution in [-0.4, -0.2) is 42.0 Å². The lowest BCUT2D eigenvalue weighted by atomic mass is 10.0. The number of carbonyl (C=O) groups is 2. The Morgan fingerprint density at radius 1 is 1.35 bits per heavy atom. The molecule has 1 aromatic heterocycles. The lowest BCUT2D eigenvalue weighted by molar-refractivity contribution is -0.141. The molecule has 0 spiro atoms. The molecule has 2 aromatic rings. The number of hydrogen-bond donors (Lipinski definition) is 3. The minimum atomic E-state index is -0.477. The number of hydrogen-bond acceptors (Lipinski definition) is 6. The van der Waals surface area contributed by atoms with E-state index < -0.39 is 6.04 Å². The number of nitrogens with one attached hydrogen (secondary N) is 3. The number of H-pyrrole nitrogens is 1. The molecular formula is C18H22N4O3S. The van der Waals surface area contributed by atoms with Crippen molar-refractivity contribution in [2.45, 2.75) is 30.3 Å². The Morgan fingerprint density at radius 3 is 2.81 bits per heavy atom. The van der Waals surface area contributed by atoms with Crippen molar-refractivity contribution in [1.29, 1.82) is 0 Å². The fourth-order valence-electron chi connectivity index (χ4n) is 2.98. The average molecular weight is 374 g/mol. The van der Waals surface area contributed by atoms with E-state index in [1.807, 2.05) is 30.5 Å². The van der Waals surface area contributed by atoms with Gasteiger partial charge in [-0.25, -0.2) is 0 Å². The SMILES string of the molecule is COC(=O)CC(NC(=O)c1n[nH]c2c1CNCC2)c1ccc(SC)cc1. The van der Waals surface area contributed by atoms with Crippen LogP contribution in [0.25, 0.3) is 0 Å². The van der Waals surface area contributed by atoms with Crippen LogP contribution in [0.1, 0.15) is 39.8 Å². The first-order valence-electron chi connectivity index (χ1n) is 8.40. The fraction of sp³-hybridized carbons (Fsp3) is 0.389. The highest BCUT2D eigenvalue weighted by Gasteiger charge is 2.25. The van der Waals surface area contributed by atoms with E-state index in [1.165, 1.54) is 7.11 Å². The third-order valence-electron chi connectivity index (χ3n) is 4.44. The molecule has 1 aliphatic heterocycles. The van der Waals surface area contributed by atoms with Crippen LogP contribution in [0, 0.1) is 0 Å². The van der Waals surface area contributed by atoms with Crippen LogP contribution in [0.5, 0.6) is 0 Å². The van der Waals surface area contributed by atoms with Crippen molar-refractivity contribution in [3.05, 3.63) is 46.8 Å². The zero-order valence-electron chi connectivity index (χ0n) is 14.8. The van der Waals surface area contributed by atoms with Crippen LogP contribution in [0.4, 0.5) is 0 Å². The number of benzene rings is 1. The molecule has 0 radical (unpaired) electrons. The number of nitrogens with zero attached hydrogens (tertiary/aromatic N) is 1. The minimum absolute atomic E-state index is 0.0612. The molecule has 3 rings (SSSR count). The number of aromatic amines is 1. The average Bonchev–Trinajstić information content (AvgIpc) is 3.11. The summed E-state index contributed by atoms with van der Waals surface area (Å²) in [7, 11) is 1.34. The summed E-state index contributed by atoms with van der Waals surface area (Å²) in [6.45, 7) is 1.47. The molecular weight excluding hydrogens is 352 g/mol. The predicted molar refractivity (Wildman–Crippen MR) is 99.1 cm³/mol. The summed E-state index contributed by atoms with van der Waals surface area (Å²) >= 11 is 1.63. The Morgan fingerprint density at radius 2 is 2.12 bits per heavy atom. The number of fused-ring (bicyclic) bond motifs is 1. The van der Waals surface area contributed by atoms with E-state index in [9.17, 15) is 9.59 Å². The molecule has 1 atom stereocenters. The summed E-state index contributed by atoms with van der Waals surface area (Å²) in [6.07, 6.45) is 2.88. The molecule has 1 amide bonds. The molecule has 8 heteroatoms. The Kier molecular flexibility index (Phi) is 5.95. The van der Waals surface area contributed by atoms with Crippen LogP contribution < -0.4 is 10.6 Å². The number of esters is 1. The summed E-state index contributed by atoms with van der Waals surface area (Å²) in [5, 5.41) is 13.3. The highest BCUT2D eigenvalue weighted by Crippen LogP contribution is 2.23. The molecule has 26 heavy (non-hydrogen) atoms. The first-order valence-corrected chi connectivity index (χ1v) is 9.63. The van der Waals surface area contributed by atoms with Gasteiger partial charge in [0.05, 0.1) is 19.6 Å². The Balaban J connectivity index is 1.81. The Labute approximate surface area is 156 Å². The molecule has 2 heterocycles. The number of carbonyl (C=O) groups excluding carboxylic acids is 2. The summed E-state index contributed by atoms with van der Waals surface area (Å²) in [6, 6.07) is 7.30. The van der Waals surface area contributed by atoms with Gasteiger partial charge in [0.2, 0.25) is 0 Å². The van der Waals surface area contributed by atoms with Crippen molar-refractivity contribution >= 4 is 23.6 Å². The summed E-state index contributed by atoms with van der Waals surface area (Å²) in [4.78, 5) is 25.7. The van der Waals surface area contributed by atoms with Crippen LogP contribution >= 0.6 is 11.8 Å². The first-order chi connectivity index (χ1) is 12.6. The maximum Gasteiger partial charge on any atom is 0.307 e. The van der Waals surface area contributed by atoms with Crippen molar-refractivity contribution in [2.75, 3.05) is 19.9 Å². The van der Waals surface area contributed by atoms with Gasteiger partial charge in [-0.15, -0.1) is 11.8 Å². The van der Waals surface area contributed by atoms with Gasteiger partial charge >= 0.3 is 5.97 Å². The van der Waals surface area contributed by atoms with Crippen LogP contribution in [0.15, 0.2) is 29.2 Å². The molecule has 7 nitrogen and oxygen atoms in total. The van der Waals surface area contributed by atoms with Gasteiger partial charge in [0.1, 0.15) is 0 Å². The van der Waals surface area contributed by atoms with Crippen molar-refractivity contribution in [3.8, 4) is 0 Å². The molecule has 0 saturated carbocycles. The topological polar surface area (TPSA) is 96.1 Å². The monoisotopic (exact) mass is 374 g/mol. The zero-order valence-corrected chi connectivity index (χ0v) is 15.6. The molecule has 0 saturated heterocycles. The van der Waals surface area contributed by atoms with Gasteiger partial charge < -0.3 is 15.4 Å². The summed E-state index contributed by atoms with van der Waals surface area (Å²) < 4.78 is 4.78. The Hall–Kier alpha value is -2.32.